The number of hydrogen-bond donors (Lipinski definition) is 2. The molecule has 0 radical (unpaired) electrons. The van der Waals surface area contributed by atoms with Crippen molar-refractivity contribution < 1.29 is 9.53 Å². The number of methoxy groups -OCH3 is 1. The maximum absolute atomic E-state index is 12.1. The predicted octanol–water partition coefficient (Wildman–Crippen LogP) is 3.19. The van der Waals surface area contributed by atoms with Crippen LogP contribution in [0.3, 0.4) is 0 Å². The molecule has 3 rings (SSSR count). The van der Waals surface area contributed by atoms with E-state index in [1.807, 2.05) is 24.3 Å². The average Bonchev–Trinajstić information content (AvgIpc) is 3.42. The molecule has 26 heavy (non-hydrogen) atoms. The van der Waals surface area contributed by atoms with Gasteiger partial charge < -0.3 is 15.4 Å². The summed E-state index contributed by atoms with van der Waals surface area (Å²) >= 11 is 2.67. The third-order valence-electron chi connectivity index (χ3n) is 4.11. The van der Waals surface area contributed by atoms with E-state index in [-0.39, 0.29) is 17.6 Å². The van der Waals surface area contributed by atoms with Gasteiger partial charge in [-0.25, -0.2) is 0 Å². The number of rotatable bonds is 8. The summed E-state index contributed by atoms with van der Waals surface area (Å²) in [5.41, 5.74) is 0.0321. The van der Waals surface area contributed by atoms with Crippen molar-refractivity contribution in [3.63, 3.8) is 0 Å². The standard InChI is InChI=1S/C17H19N5O2S2/c1-17(10-18,11-7-8-11)20-14(23)9-25-16-22-21-15(26-16)19-12-5-3-4-6-13(12)24-2/h3-6,11H,7-9H2,1-2H3,(H,19,21)(H,20,23)/t17-/m1/s1. The SMILES string of the molecule is COc1ccccc1Nc1nnc(SCC(=O)N[C@](C)(C#N)C2CC2)s1. The molecule has 1 saturated carbocycles. The topological polar surface area (TPSA) is 99.9 Å². The van der Waals surface area contributed by atoms with Crippen molar-refractivity contribution in [1.29, 1.82) is 5.26 Å². The number of benzene rings is 1. The summed E-state index contributed by atoms with van der Waals surface area (Å²) in [6, 6.07) is 9.76. The van der Waals surface area contributed by atoms with Crippen LogP contribution in [0.15, 0.2) is 28.6 Å². The number of thioether (sulfide) groups is 1. The number of anilines is 2. The van der Waals surface area contributed by atoms with Crippen molar-refractivity contribution in [2.75, 3.05) is 18.2 Å². The number of nitriles is 1. The van der Waals surface area contributed by atoms with Crippen LogP contribution >= 0.6 is 23.1 Å². The summed E-state index contributed by atoms with van der Waals surface area (Å²) in [4.78, 5) is 12.1. The molecule has 7 nitrogen and oxygen atoms in total. The lowest BCUT2D eigenvalue weighted by atomic mass is 9.98. The van der Waals surface area contributed by atoms with Crippen LogP contribution in [0.25, 0.3) is 0 Å². The van der Waals surface area contributed by atoms with Crippen molar-refractivity contribution in [2.24, 2.45) is 5.92 Å². The maximum Gasteiger partial charge on any atom is 0.231 e. The lowest BCUT2D eigenvalue weighted by molar-refractivity contribution is -0.119. The van der Waals surface area contributed by atoms with Crippen LogP contribution in [0, 0.1) is 17.2 Å². The molecule has 1 fully saturated rings. The number of nitrogens with zero attached hydrogens (tertiary/aromatic N) is 3. The number of aromatic nitrogens is 2. The Kier molecular flexibility index (Phi) is 5.64. The van der Waals surface area contributed by atoms with E-state index in [9.17, 15) is 10.1 Å². The fourth-order valence-electron chi connectivity index (χ4n) is 2.52. The van der Waals surface area contributed by atoms with Gasteiger partial charge in [0.1, 0.15) is 11.3 Å². The number of nitrogens with one attached hydrogen (secondary N) is 2. The second-order valence-corrected chi connectivity index (χ2v) is 8.32. The summed E-state index contributed by atoms with van der Waals surface area (Å²) in [7, 11) is 1.61. The smallest absolute Gasteiger partial charge is 0.231 e. The first kappa shape index (κ1) is 18.5. The van der Waals surface area contributed by atoms with Gasteiger partial charge in [-0.1, -0.05) is 35.2 Å². The van der Waals surface area contributed by atoms with Gasteiger partial charge in [-0.2, -0.15) is 5.26 Å². The van der Waals surface area contributed by atoms with Gasteiger partial charge in [0, 0.05) is 0 Å². The summed E-state index contributed by atoms with van der Waals surface area (Å²) in [6.45, 7) is 1.79. The maximum atomic E-state index is 12.1. The first-order valence-electron chi connectivity index (χ1n) is 8.12. The van der Waals surface area contributed by atoms with E-state index >= 15 is 0 Å². The predicted molar refractivity (Wildman–Crippen MR) is 102 cm³/mol. The second-order valence-electron chi connectivity index (χ2n) is 6.12. The minimum Gasteiger partial charge on any atom is -0.495 e. The first-order valence-corrected chi connectivity index (χ1v) is 9.93. The van der Waals surface area contributed by atoms with Crippen molar-refractivity contribution in [2.45, 2.75) is 29.6 Å². The van der Waals surface area contributed by atoms with E-state index in [2.05, 4.69) is 26.9 Å². The zero-order valence-electron chi connectivity index (χ0n) is 14.5. The van der Waals surface area contributed by atoms with Crippen LogP contribution in [0.5, 0.6) is 5.75 Å². The lowest BCUT2D eigenvalue weighted by Gasteiger charge is -2.22. The van der Waals surface area contributed by atoms with Crippen molar-refractivity contribution in [1.82, 2.24) is 15.5 Å². The van der Waals surface area contributed by atoms with E-state index in [0.29, 0.717) is 15.2 Å². The molecule has 0 aliphatic heterocycles. The number of ether oxygens (including phenoxy) is 1. The van der Waals surface area contributed by atoms with Crippen LogP contribution in [0.4, 0.5) is 10.8 Å². The monoisotopic (exact) mass is 389 g/mol. The molecule has 2 aromatic rings. The van der Waals surface area contributed by atoms with E-state index in [0.717, 1.165) is 18.5 Å². The molecule has 0 bridgehead atoms. The fraction of sp³-hybridized carbons (Fsp3) is 0.412. The Morgan fingerprint density at radius 1 is 1.46 bits per heavy atom. The summed E-state index contributed by atoms with van der Waals surface area (Å²) < 4.78 is 5.98. The Morgan fingerprint density at radius 3 is 2.92 bits per heavy atom. The third-order valence-corrected chi connectivity index (χ3v) is 6.08. The van der Waals surface area contributed by atoms with E-state index < -0.39 is 5.54 Å². The quantitative estimate of drug-likeness (QED) is 0.669. The largest absolute Gasteiger partial charge is 0.495 e. The highest BCUT2D eigenvalue weighted by Crippen LogP contribution is 2.39. The van der Waals surface area contributed by atoms with Crippen LogP contribution in [-0.4, -0.2) is 34.5 Å². The molecule has 136 valence electrons. The number of amides is 1. The highest BCUT2D eigenvalue weighted by molar-refractivity contribution is 8.01. The third kappa shape index (κ3) is 4.45. The Morgan fingerprint density at radius 2 is 2.23 bits per heavy atom. The van der Waals surface area contributed by atoms with Crippen molar-refractivity contribution >= 4 is 39.8 Å². The summed E-state index contributed by atoms with van der Waals surface area (Å²) in [6.07, 6.45) is 1.98. The Hall–Kier alpha value is -2.31. The zero-order valence-corrected chi connectivity index (χ0v) is 16.1. The molecule has 1 aliphatic rings. The first-order chi connectivity index (χ1) is 12.5. The van der Waals surface area contributed by atoms with Crippen LogP contribution in [-0.2, 0) is 4.79 Å². The molecular formula is C17H19N5O2S2. The number of hydrogen-bond acceptors (Lipinski definition) is 8. The molecule has 1 atom stereocenters. The molecule has 0 saturated heterocycles. The van der Waals surface area contributed by atoms with Crippen LogP contribution < -0.4 is 15.4 Å². The van der Waals surface area contributed by atoms with Crippen molar-refractivity contribution in [3.8, 4) is 11.8 Å². The normalized spacial score (nSPS) is 15.6. The minimum atomic E-state index is -0.769. The van der Waals surface area contributed by atoms with Crippen LogP contribution in [0.2, 0.25) is 0 Å². The zero-order chi connectivity index (χ0) is 18.6. The highest BCUT2D eigenvalue weighted by atomic mass is 32.2. The molecular weight excluding hydrogens is 370 g/mol. The Labute approximate surface area is 160 Å². The number of para-hydroxylation sites is 2. The fourth-order valence-corrected chi connectivity index (χ4v) is 4.08. The Bertz CT molecular complexity index is 831. The minimum absolute atomic E-state index is 0.166. The molecule has 2 N–H and O–H groups in total. The average molecular weight is 390 g/mol. The molecule has 0 unspecified atom stereocenters. The molecule has 1 heterocycles. The van der Waals surface area contributed by atoms with Gasteiger partial charge in [-0.15, -0.1) is 10.2 Å². The van der Waals surface area contributed by atoms with Gasteiger partial charge in [0.25, 0.3) is 0 Å². The van der Waals surface area contributed by atoms with Gasteiger partial charge in [0.05, 0.1) is 24.6 Å². The molecule has 1 aromatic carbocycles. The second kappa shape index (κ2) is 7.93. The van der Waals surface area contributed by atoms with Gasteiger partial charge in [-0.3, -0.25) is 4.79 Å². The van der Waals surface area contributed by atoms with E-state index in [1.165, 1.54) is 23.1 Å². The van der Waals surface area contributed by atoms with Gasteiger partial charge in [0.15, 0.2) is 4.34 Å². The Balaban J connectivity index is 1.54. The summed E-state index contributed by atoms with van der Waals surface area (Å²) in [5.74, 6) is 1.01. The van der Waals surface area contributed by atoms with E-state index in [4.69, 9.17) is 4.74 Å². The highest BCUT2D eigenvalue weighted by Gasteiger charge is 2.42. The molecule has 9 heteroatoms. The number of carbonyl (C=O) groups is 1. The molecule has 1 aromatic heterocycles. The van der Waals surface area contributed by atoms with Gasteiger partial charge in [0.2, 0.25) is 11.0 Å². The molecule has 1 aliphatic carbocycles. The molecule has 0 spiro atoms. The van der Waals surface area contributed by atoms with Gasteiger partial charge in [-0.05, 0) is 37.8 Å². The molecule has 1 amide bonds. The summed E-state index contributed by atoms with van der Waals surface area (Å²) in [5, 5.41) is 24.1. The van der Waals surface area contributed by atoms with E-state index in [1.54, 1.807) is 14.0 Å². The van der Waals surface area contributed by atoms with Crippen molar-refractivity contribution in [3.05, 3.63) is 24.3 Å². The lowest BCUT2D eigenvalue weighted by Crippen LogP contribution is -2.47. The number of carbonyl (C=O) groups excluding carboxylic acids is 1. The van der Waals surface area contributed by atoms with Gasteiger partial charge >= 0.3 is 0 Å². The van der Waals surface area contributed by atoms with Crippen LogP contribution in [0.1, 0.15) is 19.8 Å².